The highest BCUT2D eigenvalue weighted by Crippen LogP contribution is 2.33. The molecule has 1 heterocycles. The Kier molecular flexibility index (Phi) is 5.79. The van der Waals surface area contributed by atoms with Gasteiger partial charge >= 0.3 is 0 Å². The van der Waals surface area contributed by atoms with Gasteiger partial charge in [0, 0.05) is 5.92 Å². The number of nitrogens with one attached hydrogen (secondary N) is 1. The molecule has 0 bridgehead atoms. The number of sulfone groups is 1. The van der Waals surface area contributed by atoms with E-state index in [1.807, 2.05) is 17.0 Å². The molecule has 2 aliphatic rings. The average molecular weight is 364 g/mol. The molecule has 0 aromatic heterocycles. The first-order valence-electron chi connectivity index (χ1n) is 9.35. The van der Waals surface area contributed by atoms with Gasteiger partial charge in [-0.25, -0.2) is 8.42 Å². The largest absolute Gasteiger partial charge is 0.387 e. The van der Waals surface area contributed by atoms with Gasteiger partial charge in [-0.2, -0.15) is 0 Å². The van der Waals surface area contributed by atoms with Crippen LogP contribution in [0.3, 0.4) is 0 Å². The molecule has 6 heteroatoms. The van der Waals surface area contributed by atoms with Crippen molar-refractivity contribution in [1.82, 2.24) is 4.90 Å². The van der Waals surface area contributed by atoms with E-state index in [4.69, 9.17) is 11.1 Å². The van der Waals surface area contributed by atoms with Gasteiger partial charge in [0.05, 0.1) is 10.7 Å². The first-order chi connectivity index (χ1) is 12.0. The van der Waals surface area contributed by atoms with Gasteiger partial charge in [0.25, 0.3) is 0 Å². The van der Waals surface area contributed by atoms with Crippen LogP contribution in [0, 0.1) is 11.3 Å². The molecular weight excluding hydrogens is 334 g/mol. The lowest BCUT2D eigenvalue weighted by Crippen LogP contribution is -2.40. The van der Waals surface area contributed by atoms with E-state index in [0.717, 1.165) is 12.8 Å². The maximum absolute atomic E-state index is 12.7. The number of benzene rings is 1. The SMILES string of the molecule is N=C(N)C1CCN(CS(=O)(=O)c2ccc(C3CCCCC3)cc2)CC1. The number of hydrogen-bond acceptors (Lipinski definition) is 4. The van der Waals surface area contributed by atoms with E-state index < -0.39 is 9.84 Å². The Labute approximate surface area is 151 Å². The lowest BCUT2D eigenvalue weighted by Gasteiger charge is -2.30. The average Bonchev–Trinajstić information content (AvgIpc) is 2.63. The predicted octanol–water partition coefficient (Wildman–Crippen LogP) is 3.11. The third-order valence-electron chi connectivity index (χ3n) is 5.70. The Morgan fingerprint density at radius 1 is 1.04 bits per heavy atom. The van der Waals surface area contributed by atoms with Gasteiger partial charge in [0.1, 0.15) is 5.88 Å². The number of rotatable bonds is 5. The molecule has 0 unspecified atom stereocenters. The summed E-state index contributed by atoms with van der Waals surface area (Å²) in [7, 11) is -3.30. The second-order valence-electron chi connectivity index (χ2n) is 7.50. The third-order valence-corrected chi connectivity index (χ3v) is 7.39. The first kappa shape index (κ1) is 18.4. The van der Waals surface area contributed by atoms with Crippen LogP contribution in [-0.4, -0.2) is 38.1 Å². The van der Waals surface area contributed by atoms with Crippen LogP contribution < -0.4 is 5.73 Å². The van der Waals surface area contributed by atoms with Crippen LogP contribution in [0.2, 0.25) is 0 Å². The van der Waals surface area contributed by atoms with Crippen molar-refractivity contribution in [3.63, 3.8) is 0 Å². The van der Waals surface area contributed by atoms with Crippen LogP contribution >= 0.6 is 0 Å². The van der Waals surface area contributed by atoms with Crippen molar-refractivity contribution in [2.45, 2.75) is 55.8 Å². The lowest BCUT2D eigenvalue weighted by molar-refractivity contribution is 0.237. The zero-order chi connectivity index (χ0) is 17.9. The summed E-state index contributed by atoms with van der Waals surface area (Å²) < 4.78 is 25.4. The van der Waals surface area contributed by atoms with E-state index in [0.29, 0.717) is 23.9 Å². The number of hydrogen-bond donors (Lipinski definition) is 2. The molecule has 0 atom stereocenters. The third kappa shape index (κ3) is 4.61. The molecule has 3 rings (SSSR count). The molecule has 0 spiro atoms. The maximum atomic E-state index is 12.7. The van der Waals surface area contributed by atoms with Crippen molar-refractivity contribution in [2.24, 2.45) is 11.7 Å². The molecular formula is C19H29N3O2S. The van der Waals surface area contributed by atoms with Crippen molar-refractivity contribution in [1.29, 1.82) is 5.41 Å². The zero-order valence-corrected chi connectivity index (χ0v) is 15.6. The second-order valence-corrected chi connectivity index (χ2v) is 9.45. The molecule has 3 N–H and O–H groups in total. The topological polar surface area (TPSA) is 87.2 Å². The Morgan fingerprint density at radius 3 is 2.20 bits per heavy atom. The van der Waals surface area contributed by atoms with E-state index in [1.54, 1.807) is 12.1 Å². The highest BCUT2D eigenvalue weighted by Gasteiger charge is 2.26. The Hall–Kier alpha value is -1.40. The summed E-state index contributed by atoms with van der Waals surface area (Å²) in [6.07, 6.45) is 7.86. The van der Waals surface area contributed by atoms with Crippen LogP contribution in [0.1, 0.15) is 56.4 Å². The minimum absolute atomic E-state index is 0.0560. The fourth-order valence-electron chi connectivity index (χ4n) is 4.07. The highest BCUT2D eigenvalue weighted by atomic mass is 32.2. The fourth-order valence-corrected chi connectivity index (χ4v) is 5.51. The number of piperidine rings is 1. The van der Waals surface area contributed by atoms with E-state index in [1.165, 1.54) is 37.7 Å². The molecule has 1 saturated carbocycles. The van der Waals surface area contributed by atoms with Gasteiger partial charge in [0.2, 0.25) is 0 Å². The minimum Gasteiger partial charge on any atom is -0.387 e. The number of amidine groups is 1. The molecule has 1 saturated heterocycles. The Morgan fingerprint density at radius 2 is 1.64 bits per heavy atom. The summed E-state index contributed by atoms with van der Waals surface area (Å²) in [4.78, 5) is 2.38. The van der Waals surface area contributed by atoms with Crippen LogP contribution in [-0.2, 0) is 9.84 Å². The van der Waals surface area contributed by atoms with E-state index in [2.05, 4.69) is 0 Å². The molecule has 1 aliphatic carbocycles. The normalized spacial score (nSPS) is 21.3. The van der Waals surface area contributed by atoms with E-state index in [-0.39, 0.29) is 17.6 Å². The summed E-state index contributed by atoms with van der Waals surface area (Å²) in [6.45, 7) is 1.37. The fraction of sp³-hybridized carbons (Fsp3) is 0.632. The quantitative estimate of drug-likeness (QED) is 0.621. The lowest BCUT2D eigenvalue weighted by atomic mass is 9.84. The molecule has 5 nitrogen and oxygen atoms in total. The van der Waals surface area contributed by atoms with Crippen LogP contribution in [0.4, 0.5) is 0 Å². The monoisotopic (exact) mass is 363 g/mol. The van der Waals surface area contributed by atoms with Gasteiger partial charge in [0.15, 0.2) is 9.84 Å². The van der Waals surface area contributed by atoms with Gasteiger partial charge < -0.3 is 5.73 Å². The van der Waals surface area contributed by atoms with Crippen molar-refractivity contribution in [3.8, 4) is 0 Å². The molecule has 0 amide bonds. The van der Waals surface area contributed by atoms with Gasteiger partial charge in [-0.3, -0.25) is 10.3 Å². The number of nitrogens with two attached hydrogens (primary N) is 1. The molecule has 0 radical (unpaired) electrons. The summed E-state index contributed by atoms with van der Waals surface area (Å²) in [5.41, 5.74) is 6.83. The molecule has 138 valence electrons. The van der Waals surface area contributed by atoms with Gasteiger partial charge in [-0.1, -0.05) is 31.4 Å². The van der Waals surface area contributed by atoms with Gasteiger partial charge in [-0.15, -0.1) is 0 Å². The van der Waals surface area contributed by atoms with Crippen LogP contribution in [0.25, 0.3) is 0 Å². The van der Waals surface area contributed by atoms with Crippen molar-refractivity contribution in [2.75, 3.05) is 19.0 Å². The van der Waals surface area contributed by atoms with E-state index in [9.17, 15) is 8.42 Å². The summed E-state index contributed by atoms with van der Waals surface area (Å²) in [5.74, 6) is 0.978. The maximum Gasteiger partial charge on any atom is 0.191 e. The molecule has 1 aromatic carbocycles. The number of likely N-dealkylation sites (tertiary alicyclic amines) is 1. The highest BCUT2D eigenvalue weighted by molar-refractivity contribution is 7.91. The molecule has 1 aliphatic heterocycles. The summed E-state index contributed by atoms with van der Waals surface area (Å²) in [6, 6.07) is 7.57. The number of nitrogens with zero attached hydrogens (tertiary/aromatic N) is 1. The predicted molar refractivity (Wildman–Crippen MR) is 101 cm³/mol. The van der Waals surface area contributed by atoms with Crippen molar-refractivity contribution < 1.29 is 8.42 Å². The Balaban J connectivity index is 1.61. The molecule has 25 heavy (non-hydrogen) atoms. The first-order valence-corrected chi connectivity index (χ1v) is 11.0. The Bertz CT molecular complexity index is 686. The molecule has 1 aromatic rings. The van der Waals surface area contributed by atoms with E-state index >= 15 is 0 Å². The second kappa shape index (κ2) is 7.87. The van der Waals surface area contributed by atoms with Crippen molar-refractivity contribution in [3.05, 3.63) is 29.8 Å². The van der Waals surface area contributed by atoms with Crippen molar-refractivity contribution >= 4 is 15.7 Å². The molecule has 2 fully saturated rings. The summed E-state index contributed by atoms with van der Waals surface area (Å²) >= 11 is 0. The summed E-state index contributed by atoms with van der Waals surface area (Å²) in [5, 5.41) is 7.51. The van der Waals surface area contributed by atoms with Crippen LogP contribution in [0.5, 0.6) is 0 Å². The smallest absolute Gasteiger partial charge is 0.191 e. The van der Waals surface area contributed by atoms with Gasteiger partial charge in [-0.05, 0) is 62.4 Å². The standard InChI is InChI=1S/C19H29N3O2S/c20-19(21)17-10-12-22(13-11-17)14-25(23,24)18-8-6-16(7-9-18)15-4-2-1-3-5-15/h6-9,15,17H,1-5,10-14H2,(H3,20,21). The zero-order valence-electron chi connectivity index (χ0n) is 14.8. The minimum atomic E-state index is -3.30. The van der Waals surface area contributed by atoms with Crippen LogP contribution in [0.15, 0.2) is 29.2 Å².